The molecule has 3 aromatic carbocycles. The molecular weight excluding hydrogens is 545 g/mol. The molecule has 200 valence electrons. The van der Waals surface area contributed by atoms with Gasteiger partial charge in [0, 0.05) is 46.0 Å². The summed E-state index contributed by atoms with van der Waals surface area (Å²) < 4.78 is 5.35. The van der Waals surface area contributed by atoms with Crippen molar-refractivity contribution in [2.75, 3.05) is 12.0 Å². The average molecular weight is 570 g/mol. The third-order valence-electron chi connectivity index (χ3n) is 7.03. The second-order valence-electron chi connectivity index (χ2n) is 9.58. The normalized spacial score (nSPS) is 15.1. The van der Waals surface area contributed by atoms with Crippen LogP contribution in [0, 0.1) is 0 Å². The van der Waals surface area contributed by atoms with E-state index >= 15 is 0 Å². The van der Waals surface area contributed by atoms with Crippen LogP contribution >= 0.6 is 23.2 Å². The number of aromatic amines is 2. The summed E-state index contributed by atoms with van der Waals surface area (Å²) in [4.78, 5) is 29.3. The molecular formula is C31H25Cl2N5O2. The van der Waals surface area contributed by atoms with Gasteiger partial charge in [-0.15, -0.1) is 0 Å². The molecule has 1 atom stereocenters. The fourth-order valence-corrected chi connectivity index (χ4v) is 5.37. The van der Waals surface area contributed by atoms with Crippen molar-refractivity contribution >= 4 is 45.8 Å². The topological polar surface area (TPSA) is 86.4 Å². The van der Waals surface area contributed by atoms with Gasteiger partial charge in [-0.2, -0.15) is 0 Å². The Hall–Kier alpha value is -4.33. The van der Waals surface area contributed by atoms with Crippen LogP contribution in [0.3, 0.4) is 0 Å². The highest BCUT2D eigenvalue weighted by molar-refractivity contribution is 6.32. The van der Waals surface area contributed by atoms with Crippen molar-refractivity contribution in [2.24, 2.45) is 4.99 Å². The number of hydrogen-bond donors (Lipinski definition) is 2. The van der Waals surface area contributed by atoms with Crippen LogP contribution in [0.25, 0.3) is 11.2 Å². The van der Waals surface area contributed by atoms with Crippen molar-refractivity contribution in [3.05, 3.63) is 134 Å². The molecule has 9 heteroatoms. The average Bonchev–Trinajstić information content (AvgIpc) is 3.29. The van der Waals surface area contributed by atoms with Crippen LogP contribution in [0.1, 0.15) is 22.3 Å². The fraction of sp³-hybridized carbons (Fsp3) is 0.129. The Labute approximate surface area is 240 Å². The molecule has 0 aliphatic carbocycles. The van der Waals surface area contributed by atoms with E-state index in [0.29, 0.717) is 39.9 Å². The standard InChI is InChI=1S/C31H25Cl2N5O2/c1-18-26(13-20-5-3-4-6-25(20)33)35-29(21-14-27-30(34-16-21)37-31(39)36-27)24-15-22(32)9-12-28(24)38(18)17-19-7-10-23(40-2)11-8-19/h3-12,14-16,26H,1,13,17H2,2H3,(H2,34,36,37,39). The lowest BCUT2D eigenvalue weighted by molar-refractivity contribution is 0.414. The Kier molecular flexibility index (Phi) is 6.92. The maximum Gasteiger partial charge on any atom is 0.325 e. The van der Waals surface area contributed by atoms with E-state index in [2.05, 4.69) is 26.4 Å². The van der Waals surface area contributed by atoms with Gasteiger partial charge >= 0.3 is 5.69 Å². The van der Waals surface area contributed by atoms with Crippen LogP contribution in [0.4, 0.5) is 5.69 Å². The minimum atomic E-state index is -0.347. The van der Waals surface area contributed by atoms with Crippen molar-refractivity contribution < 1.29 is 4.74 Å². The summed E-state index contributed by atoms with van der Waals surface area (Å²) in [6.45, 7) is 5.10. The molecule has 0 saturated heterocycles. The lowest BCUT2D eigenvalue weighted by Gasteiger charge is -2.30. The van der Waals surface area contributed by atoms with E-state index in [1.54, 1.807) is 13.3 Å². The van der Waals surface area contributed by atoms with Crippen molar-refractivity contribution in [3.63, 3.8) is 0 Å². The van der Waals surface area contributed by atoms with Crippen LogP contribution in [-0.4, -0.2) is 33.8 Å². The van der Waals surface area contributed by atoms with Crippen LogP contribution in [-0.2, 0) is 13.0 Å². The smallest absolute Gasteiger partial charge is 0.325 e. The fourth-order valence-electron chi connectivity index (χ4n) is 4.98. The third kappa shape index (κ3) is 5.01. The van der Waals surface area contributed by atoms with Gasteiger partial charge in [-0.3, -0.25) is 9.98 Å². The Bertz CT molecular complexity index is 1820. The molecule has 2 N–H and O–H groups in total. The number of benzodiazepines with no additional fused rings is 1. The van der Waals surface area contributed by atoms with Gasteiger partial charge in [-0.25, -0.2) is 9.78 Å². The number of H-pyrrole nitrogens is 2. The number of halogens is 2. The summed E-state index contributed by atoms with van der Waals surface area (Å²) in [5.74, 6) is 0.790. The minimum Gasteiger partial charge on any atom is -0.497 e. The first-order valence-electron chi connectivity index (χ1n) is 12.7. The summed E-state index contributed by atoms with van der Waals surface area (Å²) in [7, 11) is 1.65. The van der Waals surface area contributed by atoms with Crippen LogP contribution in [0.2, 0.25) is 10.0 Å². The molecule has 1 aliphatic heterocycles. The van der Waals surface area contributed by atoms with Crippen LogP contribution < -0.4 is 15.3 Å². The van der Waals surface area contributed by atoms with Gasteiger partial charge in [0.1, 0.15) is 5.75 Å². The zero-order valence-electron chi connectivity index (χ0n) is 21.6. The number of aliphatic imine (C=N–C) groups is 1. The molecule has 6 rings (SSSR count). The molecule has 0 radical (unpaired) electrons. The highest BCUT2D eigenvalue weighted by atomic mass is 35.5. The monoisotopic (exact) mass is 569 g/mol. The van der Waals surface area contributed by atoms with E-state index in [4.69, 9.17) is 32.9 Å². The van der Waals surface area contributed by atoms with E-state index in [0.717, 1.165) is 39.4 Å². The zero-order chi connectivity index (χ0) is 27.8. The van der Waals surface area contributed by atoms with Crippen molar-refractivity contribution in [1.82, 2.24) is 15.0 Å². The van der Waals surface area contributed by atoms with Crippen molar-refractivity contribution in [1.29, 1.82) is 0 Å². The number of pyridine rings is 1. The minimum absolute atomic E-state index is 0.318. The number of anilines is 1. The molecule has 7 nitrogen and oxygen atoms in total. The number of imidazole rings is 1. The summed E-state index contributed by atoms with van der Waals surface area (Å²) in [6.07, 6.45) is 2.25. The van der Waals surface area contributed by atoms with Gasteiger partial charge in [-0.05, 0) is 53.6 Å². The lowest BCUT2D eigenvalue weighted by atomic mass is 10.0. The SMILES string of the molecule is C=C1C(Cc2ccccc2Cl)N=C(c2cnc3[nH]c(=O)[nH]c3c2)c2cc(Cl)ccc2N1Cc1ccc(OC)cc1. The van der Waals surface area contributed by atoms with E-state index in [1.165, 1.54) is 0 Å². The molecule has 2 aromatic heterocycles. The number of nitrogens with zero attached hydrogens (tertiary/aromatic N) is 3. The van der Waals surface area contributed by atoms with E-state index < -0.39 is 0 Å². The van der Waals surface area contributed by atoms with Crippen molar-refractivity contribution in [3.8, 4) is 5.75 Å². The molecule has 1 aliphatic rings. The molecule has 3 heterocycles. The number of aromatic nitrogens is 3. The first-order chi connectivity index (χ1) is 19.4. The molecule has 0 saturated carbocycles. The molecule has 40 heavy (non-hydrogen) atoms. The van der Waals surface area contributed by atoms with E-state index in [9.17, 15) is 4.79 Å². The van der Waals surface area contributed by atoms with Crippen LogP contribution in [0.15, 0.2) is 101 Å². The van der Waals surface area contributed by atoms with Gasteiger partial charge in [0.15, 0.2) is 5.65 Å². The number of rotatable bonds is 6. The molecule has 0 fully saturated rings. The quantitative estimate of drug-likeness (QED) is 0.243. The molecule has 5 aromatic rings. The third-order valence-corrected chi connectivity index (χ3v) is 7.64. The number of hydrogen-bond acceptors (Lipinski definition) is 5. The Balaban J connectivity index is 1.52. The van der Waals surface area contributed by atoms with Gasteiger partial charge < -0.3 is 14.6 Å². The van der Waals surface area contributed by atoms with Gasteiger partial charge in [-0.1, -0.05) is 60.1 Å². The predicted molar refractivity (Wildman–Crippen MR) is 161 cm³/mol. The van der Waals surface area contributed by atoms with Gasteiger partial charge in [0.25, 0.3) is 0 Å². The van der Waals surface area contributed by atoms with E-state index in [1.807, 2.05) is 72.8 Å². The predicted octanol–water partition coefficient (Wildman–Crippen LogP) is 6.55. The maximum atomic E-state index is 11.9. The largest absolute Gasteiger partial charge is 0.497 e. The van der Waals surface area contributed by atoms with E-state index in [-0.39, 0.29) is 11.7 Å². The molecule has 1 unspecified atom stereocenters. The number of methoxy groups -OCH3 is 1. The van der Waals surface area contributed by atoms with Crippen LogP contribution in [0.5, 0.6) is 5.75 Å². The summed E-state index contributed by atoms with van der Waals surface area (Å²) in [5.41, 5.74) is 6.81. The van der Waals surface area contributed by atoms with Gasteiger partial charge in [0.05, 0.1) is 30.1 Å². The Morgan fingerprint density at radius 2 is 1.82 bits per heavy atom. The lowest BCUT2D eigenvalue weighted by Crippen LogP contribution is -2.28. The Morgan fingerprint density at radius 1 is 1.02 bits per heavy atom. The van der Waals surface area contributed by atoms with Crippen molar-refractivity contribution in [2.45, 2.75) is 19.0 Å². The summed E-state index contributed by atoms with van der Waals surface area (Å²) >= 11 is 13.1. The number of ether oxygens (including phenoxy) is 1. The highest BCUT2D eigenvalue weighted by Crippen LogP contribution is 2.36. The number of fused-ring (bicyclic) bond motifs is 2. The second kappa shape index (κ2) is 10.7. The second-order valence-corrected chi connectivity index (χ2v) is 10.4. The molecule has 0 spiro atoms. The first kappa shape index (κ1) is 25.9. The molecule has 0 bridgehead atoms. The number of benzene rings is 3. The first-order valence-corrected chi connectivity index (χ1v) is 13.4. The number of nitrogens with one attached hydrogen (secondary N) is 2. The highest BCUT2D eigenvalue weighted by Gasteiger charge is 2.29. The zero-order valence-corrected chi connectivity index (χ0v) is 23.1. The summed E-state index contributed by atoms with van der Waals surface area (Å²) in [6, 6.07) is 23.0. The molecule has 0 amide bonds. The summed E-state index contributed by atoms with van der Waals surface area (Å²) in [5, 5.41) is 1.25. The maximum absolute atomic E-state index is 11.9. The van der Waals surface area contributed by atoms with Gasteiger partial charge in [0.2, 0.25) is 0 Å². The Morgan fingerprint density at radius 3 is 2.60 bits per heavy atom.